The van der Waals surface area contributed by atoms with E-state index in [9.17, 15) is 0 Å². The highest BCUT2D eigenvalue weighted by atomic mass is 32.1. The van der Waals surface area contributed by atoms with E-state index in [4.69, 9.17) is 0 Å². The maximum absolute atomic E-state index is 4.21. The molecule has 0 spiro atoms. The van der Waals surface area contributed by atoms with E-state index in [-0.39, 0.29) is 0 Å². The van der Waals surface area contributed by atoms with Gasteiger partial charge in [0.05, 0.1) is 6.54 Å². The second-order valence-electron chi connectivity index (χ2n) is 2.77. The Balaban J connectivity index is 2.75. The monoisotopic (exact) mass is 183 g/mol. The minimum Gasteiger partial charge on any atom is -0.246 e. The summed E-state index contributed by atoms with van der Waals surface area (Å²) in [7, 11) is 0. The van der Waals surface area contributed by atoms with E-state index in [1.54, 1.807) is 0 Å². The van der Waals surface area contributed by atoms with Crippen LogP contribution in [0.2, 0.25) is 0 Å². The van der Waals surface area contributed by atoms with Crippen molar-refractivity contribution in [2.45, 2.75) is 20.4 Å². The zero-order valence-corrected chi connectivity index (χ0v) is 8.30. The summed E-state index contributed by atoms with van der Waals surface area (Å²) in [6.45, 7) is 8.39. The van der Waals surface area contributed by atoms with Gasteiger partial charge in [0, 0.05) is 5.75 Å². The summed E-state index contributed by atoms with van der Waals surface area (Å²) < 4.78 is 1.84. The summed E-state index contributed by atoms with van der Waals surface area (Å²) in [6, 6.07) is 0. The van der Waals surface area contributed by atoms with Crippen molar-refractivity contribution in [2.24, 2.45) is 0 Å². The van der Waals surface area contributed by atoms with E-state index < -0.39 is 0 Å². The molecule has 12 heavy (non-hydrogen) atoms. The van der Waals surface area contributed by atoms with Gasteiger partial charge >= 0.3 is 0 Å². The van der Waals surface area contributed by atoms with Crippen LogP contribution in [-0.2, 0) is 6.54 Å². The van der Waals surface area contributed by atoms with Crippen LogP contribution in [-0.4, -0.2) is 20.5 Å². The summed E-state index contributed by atoms with van der Waals surface area (Å²) in [5, 5.41) is 4.21. The molecular weight excluding hydrogens is 170 g/mol. The first-order chi connectivity index (χ1) is 5.63. The number of hydrogen-bond donors (Lipinski definition) is 1. The SMILES string of the molecule is C=C(CS)Cn1nc(C)nc1C. The highest BCUT2D eigenvalue weighted by molar-refractivity contribution is 7.80. The molecule has 0 aliphatic rings. The molecule has 0 N–H and O–H groups in total. The smallest absolute Gasteiger partial charge is 0.147 e. The van der Waals surface area contributed by atoms with E-state index >= 15 is 0 Å². The third-order valence-corrected chi connectivity index (χ3v) is 2.01. The van der Waals surface area contributed by atoms with Crippen molar-refractivity contribution in [3.63, 3.8) is 0 Å². The van der Waals surface area contributed by atoms with E-state index in [1.165, 1.54) is 0 Å². The molecule has 3 nitrogen and oxygen atoms in total. The fourth-order valence-electron chi connectivity index (χ4n) is 0.973. The maximum atomic E-state index is 4.21. The van der Waals surface area contributed by atoms with Crippen LogP contribution < -0.4 is 0 Å². The first-order valence-electron chi connectivity index (χ1n) is 3.79. The van der Waals surface area contributed by atoms with Crippen molar-refractivity contribution in [3.05, 3.63) is 23.8 Å². The Morgan fingerprint density at radius 2 is 2.25 bits per heavy atom. The van der Waals surface area contributed by atoms with Gasteiger partial charge in [-0.3, -0.25) is 0 Å². The molecule has 0 amide bonds. The second-order valence-corrected chi connectivity index (χ2v) is 3.09. The molecule has 0 aliphatic carbocycles. The van der Waals surface area contributed by atoms with Gasteiger partial charge in [-0.15, -0.1) is 0 Å². The number of nitrogens with zero attached hydrogens (tertiary/aromatic N) is 3. The Bertz CT molecular complexity index is 290. The minimum absolute atomic E-state index is 0.693. The van der Waals surface area contributed by atoms with Gasteiger partial charge in [-0.05, 0) is 19.4 Å². The first kappa shape index (κ1) is 9.32. The normalized spacial score (nSPS) is 10.2. The predicted molar refractivity (Wildman–Crippen MR) is 52.5 cm³/mol. The van der Waals surface area contributed by atoms with Crippen molar-refractivity contribution in [3.8, 4) is 0 Å². The topological polar surface area (TPSA) is 30.7 Å². The molecule has 0 bridgehead atoms. The Labute approximate surface area is 77.9 Å². The van der Waals surface area contributed by atoms with Crippen molar-refractivity contribution in [1.29, 1.82) is 0 Å². The third kappa shape index (κ3) is 2.11. The van der Waals surface area contributed by atoms with Gasteiger partial charge in [-0.1, -0.05) is 6.58 Å². The van der Waals surface area contributed by atoms with Crippen LogP contribution in [0.25, 0.3) is 0 Å². The lowest BCUT2D eigenvalue weighted by Gasteiger charge is -2.02. The number of hydrogen-bond acceptors (Lipinski definition) is 3. The van der Waals surface area contributed by atoms with Gasteiger partial charge in [0.2, 0.25) is 0 Å². The van der Waals surface area contributed by atoms with Crippen LogP contribution in [0.5, 0.6) is 0 Å². The van der Waals surface area contributed by atoms with Crippen LogP contribution in [0.4, 0.5) is 0 Å². The van der Waals surface area contributed by atoms with Gasteiger partial charge in [0.15, 0.2) is 0 Å². The van der Waals surface area contributed by atoms with Crippen molar-refractivity contribution in [1.82, 2.24) is 14.8 Å². The van der Waals surface area contributed by atoms with E-state index in [0.717, 1.165) is 23.8 Å². The van der Waals surface area contributed by atoms with Crippen molar-refractivity contribution >= 4 is 12.6 Å². The molecule has 0 saturated heterocycles. The summed E-state index contributed by atoms with van der Waals surface area (Å²) in [5.41, 5.74) is 1.05. The zero-order valence-electron chi connectivity index (χ0n) is 7.41. The standard InChI is InChI=1S/C8H13N3S/c1-6(5-12)4-11-8(3)9-7(2)10-11/h12H,1,4-5H2,2-3H3. The lowest BCUT2D eigenvalue weighted by molar-refractivity contribution is 0.650. The molecule has 0 aliphatic heterocycles. The van der Waals surface area contributed by atoms with Gasteiger partial charge in [0.25, 0.3) is 0 Å². The van der Waals surface area contributed by atoms with Gasteiger partial charge < -0.3 is 0 Å². The average molecular weight is 183 g/mol. The van der Waals surface area contributed by atoms with Gasteiger partial charge in [-0.25, -0.2) is 9.67 Å². The van der Waals surface area contributed by atoms with Crippen LogP contribution in [0.15, 0.2) is 12.2 Å². The van der Waals surface area contributed by atoms with E-state index in [2.05, 4.69) is 29.3 Å². The van der Waals surface area contributed by atoms with Crippen molar-refractivity contribution in [2.75, 3.05) is 5.75 Å². The quantitative estimate of drug-likeness (QED) is 0.567. The molecule has 1 rings (SSSR count). The molecular formula is C8H13N3S. The Hall–Kier alpha value is -0.770. The van der Waals surface area contributed by atoms with E-state index in [0.29, 0.717) is 5.75 Å². The number of thiol groups is 1. The molecule has 0 atom stereocenters. The second kappa shape index (κ2) is 3.76. The molecule has 66 valence electrons. The fraction of sp³-hybridized carbons (Fsp3) is 0.500. The average Bonchev–Trinajstić information content (AvgIpc) is 2.30. The van der Waals surface area contributed by atoms with E-state index in [1.807, 2.05) is 18.5 Å². The van der Waals surface area contributed by atoms with Crippen molar-refractivity contribution < 1.29 is 0 Å². The zero-order chi connectivity index (χ0) is 9.14. The molecule has 4 heteroatoms. The lowest BCUT2D eigenvalue weighted by atomic mass is 10.3. The molecule has 0 unspecified atom stereocenters. The Morgan fingerprint density at radius 1 is 1.58 bits per heavy atom. The predicted octanol–water partition coefficient (Wildman–Crippen LogP) is 1.38. The summed E-state index contributed by atoms with van der Waals surface area (Å²) in [5.74, 6) is 2.42. The number of aromatic nitrogens is 3. The summed E-state index contributed by atoms with van der Waals surface area (Å²) in [4.78, 5) is 4.18. The molecule has 0 aromatic carbocycles. The van der Waals surface area contributed by atoms with Crippen LogP contribution in [0.3, 0.4) is 0 Å². The highest BCUT2D eigenvalue weighted by Crippen LogP contribution is 2.01. The van der Waals surface area contributed by atoms with Crippen LogP contribution in [0, 0.1) is 13.8 Å². The first-order valence-corrected chi connectivity index (χ1v) is 4.42. The number of aryl methyl sites for hydroxylation is 2. The molecule has 0 fully saturated rings. The Kier molecular flexibility index (Phi) is 2.92. The summed E-state index contributed by atoms with van der Waals surface area (Å²) in [6.07, 6.45) is 0. The third-order valence-electron chi connectivity index (χ3n) is 1.56. The largest absolute Gasteiger partial charge is 0.246 e. The van der Waals surface area contributed by atoms with Crippen LogP contribution >= 0.6 is 12.6 Å². The fourth-order valence-corrected chi connectivity index (χ4v) is 1.07. The Morgan fingerprint density at radius 3 is 2.67 bits per heavy atom. The molecule has 1 aromatic rings. The molecule has 1 heterocycles. The minimum atomic E-state index is 0.693. The van der Waals surface area contributed by atoms with Gasteiger partial charge in [0.1, 0.15) is 11.6 Å². The number of rotatable bonds is 3. The van der Waals surface area contributed by atoms with Crippen LogP contribution in [0.1, 0.15) is 11.6 Å². The maximum Gasteiger partial charge on any atom is 0.147 e. The van der Waals surface area contributed by atoms with Gasteiger partial charge in [-0.2, -0.15) is 17.7 Å². The highest BCUT2D eigenvalue weighted by Gasteiger charge is 2.02. The molecule has 0 radical (unpaired) electrons. The summed E-state index contributed by atoms with van der Waals surface area (Å²) >= 11 is 4.13. The molecule has 0 saturated carbocycles. The molecule has 1 aromatic heterocycles. The lowest BCUT2D eigenvalue weighted by Crippen LogP contribution is -2.05.